The lowest BCUT2D eigenvalue weighted by molar-refractivity contribution is 0.0559. The summed E-state index contributed by atoms with van der Waals surface area (Å²) >= 11 is 0. The van der Waals surface area contributed by atoms with Gasteiger partial charge in [-0.2, -0.15) is 0 Å². The smallest absolute Gasteiger partial charge is 0.434 e. The number of rotatable bonds is 9. The van der Waals surface area contributed by atoms with Crippen molar-refractivity contribution in [1.82, 2.24) is 0 Å². The minimum Gasteiger partial charge on any atom is -0.434 e. The molecule has 0 heterocycles. The van der Waals surface area contributed by atoms with Gasteiger partial charge in [0, 0.05) is 5.41 Å². The fourth-order valence-corrected chi connectivity index (χ4v) is 4.53. The highest BCUT2D eigenvalue weighted by Gasteiger charge is 2.31. The lowest BCUT2D eigenvalue weighted by Gasteiger charge is -2.34. The van der Waals surface area contributed by atoms with E-state index < -0.39 is 6.16 Å². The molecular formula is C29H42O4. The summed E-state index contributed by atoms with van der Waals surface area (Å²) in [5.41, 5.74) is 5.75. The van der Waals surface area contributed by atoms with Crippen molar-refractivity contribution in [3.63, 3.8) is 0 Å². The topological polar surface area (TPSA) is 55.8 Å². The van der Waals surface area contributed by atoms with Crippen molar-refractivity contribution in [3.8, 4) is 5.75 Å². The van der Waals surface area contributed by atoms with Crippen LogP contribution in [0, 0.1) is 19.3 Å². The van der Waals surface area contributed by atoms with Crippen LogP contribution in [-0.4, -0.2) is 24.0 Å². The summed E-state index contributed by atoms with van der Waals surface area (Å²) in [7, 11) is 0. The minimum absolute atomic E-state index is 0.103. The molecule has 1 N–H and O–H groups in total. The third kappa shape index (κ3) is 6.38. The second-order valence-corrected chi connectivity index (χ2v) is 10.1. The molecule has 0 spiro atoms. The van der Waals surface area contributed by atoms with Gasteiger partial charge in [-0.15, -0.1) is 0 Å². The van der Waals surface area contributed by atoms with E-state index in [-0.39, 0.29) is 23.5 Å². The van der Waals surface area contributed by atoms with Crippen molar-refractivity contribution in [2.75, 3.05) is 6.61 Å². The molecule has 0 saturated carbocycles. The Morgan fingerprint density at radius 2 is 1.52 bits per heavy atom. The standard InChI is InChI=1S/C29H42O4/c1-9-29(10-2,24-15-16-25(21(5)19-24)33-27(31)32-11-3)23-14-12-22(20(4)18-23)13-17-26(30)28(6,7)8/h12,14-16,18-19,26,30H,9-11,13,17H2,1-8H3. The predicted molar refractivity (Wildman–Crippen MR) is 135 cm³/mol. The van der Waals surface area contributed by atoms with Gasteiger partial charge in [-0.1, -0.05) is 65.0 Å². The quantitative estimate of drug-likeness (QED) is 0.319. The van der Waals surface area contributed by atoms with Crippen molar-refractivity contribution in [3.05, 3.63) is 64.2 Å². The number of hydrogen-bond donors (Lipinski definition) is 1. The summed E-state index contributed by atoms with van der Waals surface area (Å²) in [5.74, 6) is 0.530. The molecule has 33 heavy (non-hydrogen) atoms. The van der Waals surface area contributed by atoms with Crippen LogP contribution in [0.1, 0.15) is 88.6 Å². The summed E-state index contributed by atoms with van der Waals surface area (Å²) in [6, 6.07) is 12.9. The predicted octanol–water partition coefficient (Wildman–Crippen LogP) is 7.28. The summed E-state index contributed by atoms with van der Waals surface area (Å²) < 4.78 is 10.3. The first-order chi connectivity index (χ1) is 15.5. The molecule has 0 aliphatic rings. The van der Waals surface area contributed by atoms with Gasteiger partial charge in [-0.25, -0.2) is 4.79 Å². The maximum absolute atomic E-state index is 11.7. The maximum Gasteiger partial charge on any atom is 0.513 e. The molecule has 1 atom stereocenters. The molecule has 0 aliphatic carbocycles. The lowest BCUT2D eigenvalue weighted by Crippen LogP contribution is -2.27. The first kappa shape index (κ1) is 26.9. The summed E-state index contributed by atoms with van der Waals surface area (Å²) in [6.45, 7) is 16.9. The van der Waals surface area contributed by atoms with E-state index in [4.69, 9.17) is 9.47 Å². The van der Waals surface area contributed by atoms with Crippen molar-refractivity contribution >= 4 is 6.16 Å². The van der Waals surface area contributed by atoms with Crippen molar-refractivity contribution in [2.45, 2.75) is 92.6 Å². The second-order valence-electron chi connectivity index (χ2n) is 10.1. The Morgan fingerprint density at radius 1 is 0.939 bits per heavy atom. The number of carbonyl (C=O) groups excluding carboxylic acids is 1. The van der Waals surface area contributed by atoms with Crippen LogP contribution in [0.15, 0.2) is 36.4 Å². The van der Waals surface area contributed by atoms with Crippen molar-refractivity contribution < 1.29 is 19.4 Å². The molecule has 2 aromatic carbocycles. The normalized spacial score (nSPS) is 13.0. The molecule has 2 rings (SSSR count). The highest BCUT2D eigenvalue weighted by molar-refractivity contribution is 5.64. The molecule has 0 radical (unpaired) electrons. The summed E-state index contributed by atoms with van der Waals surface area (Å²) in [4.78, 5) is 11.7. The molecule has 0 aliphatic heterocycles. The molecule has 4 heteroatoms. The van der Waals surface area contributed by atoms with E-state index in [0.29, 0.717) is 5.75 Å². The van der Waals surface area contributed by atoms with Crippen LogP contribution in [0.4, 0.5) is 4.79 Å². The number of aliphatic hydroxyl groups excluding tert-OH is 1. The van der Waals surface area contributed by atoms with Crippen LogP contribution in [0.2, 0.25) is 0 Å². The fraction of sp³-hybridized carbons (Fsp3) is 0.552. The Morgan fingerprint density at radius 3 is 2.00 bits per heavy atom. The van der Waals surface area contributed by atoms with Crippen LogP contribution < -0.4 is 4.74 Å². The molecular weight excluding hydrogens is 412 g/mol. The van der Waals surface area contributed by atoms with Crippen LogP contribution >= 0.6 is 0 Å². The zero-order chi connectivity index (χ0) is 24.8. The largest absolute Gasteiger partial charge is 0.513 e. The third-order valence-electron chi connectivity index (χ3n) is 6.97. The first-order valence-electron chi connectivity index (χ1n) is 12.2. The van der Waals surface area contributed by atoms with E-state index in [1.165, 1.54) is 22.3 Å². The highest BCUT2D eigenvalue weighted by Crippen LogP contribution is 2.41. The van der Waals surface area contributed by atoms with E-state index in [1.807, 2.05) is 13.0 Å². The van der Waals surface area contributed by atoms with E-state index in [2.05, 4.69) is 71.9 Å². The Labute approximate surface area is 200 Å². The van der Waals surface area contributed by atoms with Crippen LogP contribution in [0.5, 0.6) is 5.75 Å². The number of hydrogen-bond acceptors (Lipinski definition) is 4. The van der Waals surface area contributed by atoms with Crippen LogP contribution in [-0.2, 0) is 16.6 Å². The molecule has 4 nitrogen and oxygen atoms in total. The zero-order valence-corrected chi connectivity index (χ0v) is 21.7. The van der Waals surface area contributed by atoms with E-state index in [9.17, 15) is 9.90 Å². The molecule has 0 bridgehead atoms. The highest BCUT2D eigenvalue weighted by atomic mass is 16.7. The SMILES string of the molecule is CCOC(=O)Oc1ccc(C(CC)(CC)c2ccc(CCC(O)C(C)(C)C)c(C)c2)cc1C. The van der Waals surface area contributed by atoms with E-state index >= 15 is 0 Å². The van der Waals surface area contributed by atoms with E-state index in [0.717, 1.165) is 31.2 Å². The van der Waals surface area contributed by atoms with Gasteiger partial charge in [-0.3, -0.25) is 0 Å². The first-order valence-corrected chi connectivity index (χ1v) is 12.2. The zero-order valence-electron chi connectivity index (χ0n) is 21.7. The molecule has 0 amide bonds. The average Bonchev–Trinajstić information content (AvgIpc) is 2.75. The number of benzene rings is 2. The molecule has 2 aromatic rings. The molecule has 1 unspecified atom stereocenters. The Bertz CT molecular complexity index is 935. The van der Waals surface area contributed by atoms with Crippen LogP contribution in [0.3, 0.4) is 0 Å². The lowest BCUT2D eigenvalue weighted by atomic mass is 9.69. The molecule has 0 aromatic heterocycles. The average molecular weight is 455 g/mol. The van der Waals surface area contributed by atoms with E-state index in [1.54, 1.807) is 6.92 Å². The van der Waals surface area contributed by atoms with Gasteiger partial charge in [0.15, 0.2) is 0 Å². The van der Waals surface area contributed by atoms with Crippen molar-refractivity contribution in [1.29, 1.82) is 0 Å². The fourth-order valence-electron chi connectivity index (χ4n) is 4.53. The van der Waals surface area contributed by atoms with Crippen LogP contribution in [0.25, 0.3) is 0 Å². The second kappa shape index (κ2) is 11.2. The molecule has 0 fully saturated rings. The van der Waals surface area contributed by atoms with Gasteiger partial charge in [0.05, 0.1) is 12.7 Å². The monoisotopic (exact) mass is 454 g/mol. The van der Waals surface area contributed by atoms with Crippen molar-refractivity contribution in [2.24, 2.45) is 5.41 Å². The minimum atomic E-state index is -0.673. The van der Waals surface area contributed by atoms with Gasteiger partial charge in [0.25, 0.3) is 0 Å². The van der Waals surface area contributed by atoms with Gasteiger partial charge >= 0.3 is 6.16 Å². The Kier molecular flexibility index (Phi) is 9.13. The third-order valence-corrected chi connectivity index (χ3v) is 6.97. The Balaban J connectivity index is 2.34. The summed E-state index contributed by atoms with van der Waals surface area (Å²) in [6.07, 6.45) is 2.56. The Hall–Kier alpha value is -2.33. The number of aryl methyl sites for hydroxylation is 3. The number of carbonyl (C=O) groups is 1. The number of aliphatic hydroxyl groups is 1. The molecule has 182 valence electrons. The van der Waals surface area contributed by atoms with Gasteiger partial charge in [0.1, 0.15) is 5.75 Å². The van der Waals surface area contributed by atoms with Gasteiger partial charge in [-0.05, 0) is 85.8 Å². The molecule has 0 saturated heterocycles. The van der Waals surface area contributed by atoms with Gasteiger partial charge < -0.3 is 14.6 Å². The number of ether oxygens (including phenoxy) is 2. The summed E-state index contributed by atoms with van der Waals surface area (Å²) in [5, 5.41) is 10.4. The van der Waals surface area contributed by atoms with Gasteiger partial charge in [0.2, 0.25) is 0 Å². The maximum atomic E-state index is 11.7.